The summed E-state index contributed by atoms with van der Waals surface area (Å²) in [6.45, 7) is 8.54. The molecule has 4 heteroatoms. The van der Waals surface area contributed by atoms with Crippen LogP contribution in [0.4, 0.5) is 0 Å². The first-order valence-corrected chi connectivity index (χ1v) is 8.36. The predicted molar refractivity (Wildman–Crippen MR) is 88.2 cm³/mol. The van der Waals surface area contributed by atoms with Crippen molar-refractivity contribution in [2.75, 3.05) is 26.4 Å². The molecule has 0 aromatic rings. The van der Waals surface area contributed by atoms with Crippen LogP contribution < -0.4 is 0 Å². The Balaban J connectivity index is 0. The molecule has 0 rings (SSSR count). The van der Waals surface area contributed by atoms with Crippen molar-refractivity contribution >= 4 is 0 Å². The molecule has 0 spiro atoms. The molecule has 0 unspecified atom stereocenters. The second-order valence-electron chi connectivity index (χ2n) is 6.50. The number of hydrogen-bond acceptors (Lipinski definition) is 4. The molecule has 0 radical (unpaired) electrons. The summed E-state index contributed by atoms with van der Waals surface area (Å²) in [5, 5.41) is 35.8. The van der Waals surface area contributed by atoms with E-state index >= 15 is 0 Å². The molecule has 4 nitrogen and oxygen atoms in total. The van der Waals surface area contributed by atoms with Crippen LogP contribution in [-0.2, 0) is 0 Å². The van der Waals surface area contributed by atoms with E-state index in [0.29, 0.717) is 0 Å². The topological polar surface area (TPSA) is 80.9 Å². The summed E-state index contributed by atoms with van der Waals surface area (Å²) in [6, 6.07) is 0. The number of aliphatic hydroxyl groups is 4. The summed E-state index contributed by atoms with van der Waals surface area (Å²) in [6.07, 6.45) is 7.13. The molecule has 0 aliphatic rings. The molecule has 0 atom stereocenters. The lowest BCUT2D eigenvalue weighted by Gasteiger charge is -2.27. The van der Waals surface area contributed by atoms with E-state index < -0.39 is 0 Å². The molecule has 0 aromatic carbocycles. The summed E-state index contributed by atoms with van der Waals surface area (Å²) in [5.41, 5.74) is -0.466. The molecule has 0 amide bonds. The van der Waals surface area contributed by atoms with E-state index in [9.17, 15) is 0 Å². The molecule has 0 heterocycles. The summed E-state index contributed by atoms with van der Waals surface area (Å²) < 4.78 is 0. The van der Waals surface area contributed by atoms with Crippen LogP contribution in [0.2, 0.25) is 0 Å². The summed E-state index contributed by atoms with van der Waals surface area (Å²) in [7, 11) is 0. The Kier molecular flexibility index (Phi) is 14.9. The van der Waals surface area contributed by atoms with Gasteiger partial charge in [-0.05, 0) is 19.3 Å². The first-order valence-electron chi connectivity index (χ1n) is 8.36. The minimum atomic E-state index is -0.254. The average Bonchev–Trinajstić information content (AvgIpc) is 2.55. The van der Waals surface area contributed by atoms with Crippen molar-refractivity contribution in [2.24, 2.45) is 10.8 Å². The van der Waals surface area contributed by atoms with E-state index in [2.05, 4.69) is 13.8 Å². The van der Waals surface area contributed by atoms with Gasteiger partial charge in [-0.25, -0.2) is 0 Å². The Morgan fingerprint density at radius 2 is 1.10 bits per heavy atom. The molecular weight excluding hydrogens is 268 g/mol. The van der Waals surface area contributed by atoms with Crippen LogP contribution in [0.1, 0.15) is 72.6 Å². The van der Waals surface area contributed by atoms with Crippen molar-refractivity contribution in [1.29, 1.82) is 0 Å². The number of aliphatic hydroxyl groups excluding tert-OH is 4. The summed E-state index contributed by atoms with van der Waals surface area (Å²) >= 11 is 0. The van der Waals surface area contributed by atoms with Gasteiger partial charge in [0.05, 0.1) is 26.4 Å². The zero-order chi connectivity index (χ0) is 16.8. The maximum absolute atomic E-state index is 9.04. The molecule has 0 bridgehead atoms. The Labute approximate surface area is 131 Å². The van der Waals surface area contributed by atoms with Crippen LogP contribution in [0.15, 0.2) is 0 Å². The Hall–Kier alpha value is -0.160. The van der Waals surface area contributed by atoms with Gasteiger partial charge in [-0.2, -0.15) is 0 Å². The molecule has 21 heavy (non-hydrogen) atoms. The summed E-state index contributed by atoms with van der Waals surface area (Å²) in [5.74, 6) is 0. The third-order valence-electron chi connectivity index (χ3n) is 4.38. The minimum Gasteiger partial charge on any atom is -0.396 e. The van der Waals surface area contributed by atoms with Crippen LogP contribution in [0.3, 0.4) is 0 Å². The summed E-state index contributed by atoms with van der Waals surface area (Å²) in [4.78, 5) is 0. The van der Waals surface area contributed by atoms with Crippen molar-refractivity contribution < 1.29 is 20.4 Å². The van der Waals surface area contributed by atoms with Crippen molar-refractivity contribution in [2.45, 2.75) is 72.6 Å². The van der Waals surface area contributed by atoms with Gasteiger partial charge >= 0.3 is 0 Å². The number of unbranched alkanes of at least 4 members (excludes halogenated alkanes) is 2. The number of rotatable bonds is 11. The average molecular weight is 306 g/mol. The lowest BCUT2D eigenvalue weighted by atomic mass is 9.82. The van der Waals surface area contributed by atoms with E-state index in [1.165, 1.54) is 0 Å². The highest BCUT2D eigenvalue weighted by Crippen LogP contribution is 2.27. The van der Waals surface area contributed by atoms with Crippen molar-refractivity contribution in [3.63, 3.8) is 0 Å². The third kappa shape index (κ3) is 10.2. The Bertz CT molecular complexity index is 203. The maximum atomic E-state index is 9.04. The lowest BCUT2D eigenvalue weighted by molar-refractivity contribution is 0.0420. The Morgan fingerprint density at radius 1 is 0.667 bits per heavy atom. The van der Waals surface area contributed by atoms with Crippen molar-refractivity contribution in [3.05, 3.63) is 0 Å². The predicted octanol–water partition coefficient (Wildman–Crippen LogP) is 2.73. The van der Waals surface area contributed by atoms with Gasteiger partial charge in [0.2, 0.25) is 0 Å². The second-order valence-corrected chi connectivity index (χ2v) is 6.50. The molecule has 0 fully saturated rings. The van der Waals surface area contributed by atoms with E-state index in [1.807, 2.05) is 13.8 Å². The number of hydrogen-bond donors (Lipinski definition) is 4. The van der Waals surface area contributed by atoms with Gasteiger partial charge in [-0.3, -0.25) is 0 Å². The highest BCUT2D eigenvalue weighted by Gasteiger charge is 2.25. The van der Waals surface area contributed by atoms with Gasteiger partial charge in [0.1, 0.15) is 0 Å². The van der Waals surface area contributed by atoms with Crippen molar-refractivity contribution in [1.82, 2.24) is 0 Å². The van der Waals surface area contributed by atoms with Crippen LogP contribution in [0, 0.1) is 10.8 Å². The second kappa shape index (κ2) is 13.5. The molecule has 0 saturated carbocycles. The van der Waals surface area contributed by atoms with Crippen LogP contribution >= 0.6 is 0 Å². The van der Waals surface area contributed by atoms with Gasteiger partial charge in [0, 0.05) is 10.8 Å². The van der Waals surface area contributed by atoms with Gasteiger partial charge in [-0.15, -0.1) is 0 Å². The standard InChI is InChI=1S/C9H20O2.C8H18O2/c1-3-5-6-9(4-2,7-10)8-11;1-3-4-5-8(2,6-9)7-10/h10-11H,3-8H2,1-2H3;9-10H,3-7H2,1-2H3. The molecule has 0 aromatic heterocycles. The molecule has 130 valence electrons. The van der Waals surface area contributed by atoms with E-state index in [-0.39, 0.29) is 37.3 Å². The first-order chi connectivity index (χ1) is 9.92. The zero-order valence-electron chi connectivity index (χ0n) is 14.6. The molecule has 0 aliphatic heterocycles. The minimum absolute atomic E-state index is 0.0868. The fraction of sp³-hybridized carbons (Fsp3) is 1.00. The van der Waals surface area contributed by atoms with Crippen LogP contribution in [0.5, 0.6) is 0 Å². The van der Waals surface area contributed by atoms with Gasteiger partial charge < -0.3 is 20.4 Å². The molecule has 0 saturated heterocycles. The van der Waals surface area contributed by atoms with E-state index in [4.69, 9.17) is 20.4 Å². The monoisotopic (exact) mass is 306 g/mol. The zero-order valence-corrected chi connectivity index (χ0v) is 14.6. The van der Waals surface area contributed by atoms with E-state index in [1.54, 1.807) is 0 Å². The fourth-order valence-corrected chi connectivity index (χ4v) is 1.97. The molecular formula is C17H38O4. The Morgan fingerprint density at radius 3 is 1.38 bits per heavy atom. The van der Waals surface area contributed by atoms with Gasteiger partial charge in [0.25, 0.3) is 0 Å². The maximum Gasteiger partial charge on any atom is 0.0509 e. The third-order valence-corrected chi connectivity index (χ3v) is 4.38. The fourth-order valence-electron chi connectivity index (χ4n) is 1.97. The van der Waals surface area contributed by atoms with Gasteiger partial charge in [0.15, 0.2) is 0 Å². The smallest absolute Gasteiger partial charge is 0.0509 e. The SMILES string of the molecule is CCCCC(C)(CO)CO.CCCCC(CC)(CO)CO. The lowest BCUT2D eigenvalue weighted by Crippen LogP contribution is -2.28. The van der Waals surface area contributed by atoms with E-state index in [0.717, 1.165) is 44.9 Å². The normalized spacial score (nSPS) is 12.0. The first kappa shape index (κ1) is 23.1. The van der Waals surface area contributed by atoms with Gasteiger partial charge in [-0.1, -0.05) is 53.4 Å². The molecule has 4 N–H and O–H groups in total. The molecule has 0 aliphatic carbocycles. The van der Waals surface area contributed by atoms with Crippen LogP contribution in [0.25, 0.3) is 0 Å². The van der Waals surface area contributed by atoms with Crippen LogP contribution in [-0.4, -0.2) is 46.9 Å². The quantitative estimate of drug-likeness (QED) is 0.473. The van der Waals surface area contributed by atoms with Crippen molar-refractivity contribution in [3.8, 4) is 0 Å². The highest BCUT2D eigenvalue weighted by atomic mass is 16.3. The highest BCUT2D eigenvalue weighted by molar-refractivity contribution is 4.75. The largest absolute Gasteiger partial charge is 0.396 e.